The fourth-order valence-electron chi connectivity index (χ4n) is 5.40. The van der Waals surface area contributed by atoms with E-state index in [0.29, 0.717) is 23.9 Å². The molecule has 0 aliphatic heterocycles. The van der Waals surface area contributed by atoms with Crippen LogP contribution in [0.15, 0.2) is 60.8 Å². The smallest absolute Gasteiger partial charge is 0.306 e. The van der Waals surface area contributed by atoms with Crippen molar-refractivity contribution in [1.82, 2.24) is 0 Å². The number of phosphoric ester groups is 1. The third-order valence-corrected chi connectivity index (χ3v) is 9.74. The van der Waals surface area contributed by atoms with E-state index in [9.17, 15) is 19.0 Å². The molecule has 0 heterocycles. The highest BCUT2D eigenvalue weighted by molar-refractivity contribution is 7.45. The van der Waals surface area contributed by atoms with Crippen LogP contribution in [0.3, 0.4) is 0 Å². The van der Waals surface area contributed by atoms with Crippen LogP contribution >= 0.6 is 7.82 Å². The van der Waals surface area contributed by atoms with E-state index in [1.54, 1.807) is 0 Å². The van der Waals surface area contributed by atoms with Crippen LogP contribution in [0.1, 0.15) is 162 Å². The van der Waals surface area contributed by atoms with Gasteiger partial charge < -0.3 is 27.9 Å². The van der Waals surface area contributed by atoms with Gasteiger partial charge in [0.05, 0.1) is 27.7 Å². The zero-order chi connectivity index (χ0) is 40.7. The number of ether oxygens (including phenoxy) is 2. The molecule has 0 N–H and O–H groups in total. The zero-order valence-corrected chi connectivity index (χ0v) is 36.5. The molecule has 0 spiro atoms. The molecule has 2 unspecified atom stereocenters. The largest absolute Gasteiger partial charge is 0.756 e. The Morgan fingerprint density at radius 2 is 1.04 bits per heavy atom. The minimum Gasteiger partial charge on any atom is -0.756 e. The summed E-state index contributed by atoms with van der Waals surface area (Å²) in [6, 6.07) is 0. The van der Waals surface area contributed by atoms with Gasteiger partial charge in [-0.3, -0.25) is 14.2 Å². The van der Waals surface area contributed by atoms with Crippen molar-refractivity contribution in [3.63, 3.8) is 0 Å². The van der Waals surface area contributed by atoms with Crippen molar-refractivity contribution >= 4 is 19.8 Å². The van der Waals surface area contributed by atoms with Crippen molar-refractivity contribution in [3.05, 3.63) is 60.8 Å². The summed E-state index contributed by atoms with van der Waals surface area (Å²) in [6.45, 7) is 4.03. The Hall–Kier alpha value is -2.29. The number of carbonyl (C=O) groups is 2. The predicted molar refractivity (Wildman–Crippen MR) is 226 cm³/mol. The molecule has 55 heavy (non-hydrogen) atoms. The lowest BCUT2D eigenvalue weighted by Crippen LogP contribution is -2.37. The van der Waals surface area contributed by atoms with Gasteiger partial charge in [-0.05, 0) is 77.0 Å². The fourth-order valence-corrected chi connectivity index (χ4v) is 6.13. The van der Waals surface area contributed by atoms with E-state index in [1.807, 2.05) is 21.1 Å². The normalized spacial score (nSPS) is 14.2. The first kappa shape index (κ1) is 52.7. The summed E-state index contributed by atoms with van der Waals surface area (Å²) in [7, 11) is 1.12. The number of rotatable bonds is 38. The van der Waals surface area contributed by atoms with Crippen LogP contribution in [0.4, 0.5) is 0 Å². The number of phosphoric acid groups is 1. The summed E-state index contributed by atoms with van der Waals surface area (Å²) in [4.78, 5) is 37.5. The molecule has 2 atom stereocenters. The van der Waals surface area contributed by atoms with Crippen LogP contribution in [0.5, 0.6) is 0 Å². The number of hydrogen-bond acceptors (Lipinski definition) is 8. The van der Waals surface area contributed by atoms with E-state index in [0.717, 1.165) is 70.6 Å². The van der Waals surface area contributed by atoms with Gasteiger partial charge in [0, 0.05) is 12.8 Å². The number of unbranched alkanes of at least 4 members (excludes halogenated alkanes) is 14. The zero-order valence-electron chi connectivity index (χ0n) is 35.6. The number of allylic oxidation sites excluding steroid dienone is 10. The Balaban J connectivity index is 4.46. The minimum atomic E-state index is -4.64. The Bertz CT molecular complexity index is 1120. The molecule has 0 amide bonds. The third kappa shape index (κ3) is 41.2. The molecule has 0 aliphatic carbocycles. The SMILES string of the molecule is CC/C=C\C/C=C\C/C=C\C/C=C\CCCCC(=O)OC(COC(=O)CCCCCCC/C=C\CCCCCCCCC)COP(=O)([O-])OCC[N+](C)(C)C. The van der Waals surface area contributed by atoms with Gasteiger partial charge in [0.1, 0.15) is 19.8 Å². The molecule has 0 saturated carbocycles. The Labute approximate surface area is 336 Å². The standard InChI is InChI=1S/C45H80NO8P/c1-6-8-10-12-14-16-18-20-22-24-25-27-29-31-33-35-37-44(47)51-41-43(42-53-55(49,50)52-40-39-46(3,4)5)54-45(48)38-36-34-32-30-28-26-23-21-19-17-15-13-11-9-7-2/h9,11,15,17,21-24,28,30,43H,6-8,10,12-14,16,18-20,25-27,29,31-42H2,1-5H3/b11-9-,17-15-,23-21-,24-22-,30-28-. The second-order valence-corrected chi connectivity index (χ2v) is 16.7. The number of quaternary nitrogens is 1. The van der Waals surface area contributed by atoms with Crippen LogP contribution in [0.25, 0.3) is 0 Å². The van der Waals surface area contributed by atoms with E-state index < -0.39 is 32.5 Å². The maximum Gasteiger partial charge on any atom is 0.306 e. The quantitative estimate of drug-likeness (QED) is 0.0200. The highest BCUT2D eigenvalue weighted by atomic mass is 31.2. The average molecular weight is 794 g/mol. The Morgan fingerprint density at radius 3 is 1.60 bits per heavy atom. The van der Waals surface area contributed by atoms with E-state index in [2.05, 4.69) is 74.6 Å². The Kier molecular flexibility index (Phi) is 35.7. The van der Waals surface area contributed by atoms with Gasteiger partial charge in [-0.1, -0.05) is 132 Å². The number of hydrogen-bond donors (Lipinski definition) is 0. The Morgan fingerprint density at radius 1 is 0.582 bits per heavy atom. The molecule has 318 valence electrons. The minimum absolute atomic E-state index is 0.0427. The van der Waals surface area contributed by atoms with Crippen molar-refractivity contribution in [3.8, 4) is 0 Å². The molecule has 0 rings (SSSR count). The van der Waals surface area contributed by atoms with Crippen LogP contribution in [0, 0.1) is 0 Å². The second kappa shape index (κ2) is 37.3. The van der Waals surface area contributed by atoms with E-state index in [4.69, 9.17) is 18.5 Å². The van der Waals surface area contributed by atoms with Crippen molar-refractivity contribution in [1.29, 1.82) is 0 Å². The van der Waals surface area contributed by atoms with Crippen molar-refractivity contribution in [2.24, 2.45) is 0 Å². The van der Waals surface area contributed by atoms with E-state index >= 15 is 0 Å². The van der Waals surface area contributed by atoms with Gasteiger partial charge in [0.2, 0.25) is 0 Å². The van der Waals surface area contributed by atoms with Crippen LogP contribution in [-0.2, 0) is 32.7 Å². The van der Waals surface area contributed by atoms with Gasteiger partial charge in [-0.15, -0.1) is 0 Å². The van der Waals surface area contributed by atoms with Crippen molar-refractivity contribution in [2.45, 2.75) is 168 Å². The predicted octanol–water partition coefficient (Wildman–Crippen LogP) is 11.4. The molecule has 0 aliphatic rings. The van der Waals surface area contributed by atoms with E-state index in [1.165, 1.54) is 51.4 Å². The molecular weight excluding hydrogens is 713 g/mol. The number of carbonyl (C=O) groups excluding carboxylic acids is 2. The lowest BCUT2D eigenvalue weighted by Gasteiger charge is -2.28. The molecule has 0 fully saturated rings. The van der Waals surface area contributed by atoms with Crippen molar-refractivity contribution < 1.29 is 42.1 Å². The number of likely N-dealkylation sites (N-methyl/N-ethyl adjacent to an activating group) is 1. The second-order valence-electron chi connectivity index (χ2n) is 15.3. The molecule has 0 bridgehead atoms. The molecule has 0 aromatic carbocycles. The molecule has 0 radical (unpaired) electrons. The van der Waals surface area contributed by atoms with Gasteiger partial charge in [-0.25, -0.2) is 0 Å². The summed E-state index contributed by atoms with van der Waals surface area (Å²) >= 11 is 0. The summed E-state index contributed by atoms with van der Waals surface area (Å²) < 4.78 is 33.8. The maximum atomic E-state index is 12.6. The van der Waals surface area contributed by atoms with Gasteiger partial charge in [0.15, 0.2) is 6.10 Å². The number of nitrogens with zero attached hydrogens (tertiary/aromatic N) is 1. The summed E-state index contributed by atoms with van der Waals surface area (Å²) in [5.41, 5.74) is 0. The average Bonchev–Trinajstić information content (AvgIpc) is 3.13. The maximum absolute atomic E-state index is 12.6. The summed E-state index contributed by atoms with van der Waals surface area (Å²) in [5.74, 6) is -0.897. The number of esters is 2. The first-order valence-electron chi connectivity index (χ1n) is 21.5. The topological polar surface area (TPSA) is 111 Å². The van der Waals surface area contributed by atoms with Crippen LogP contribution in [-0.4, -0.2) is 70.0 Å². The first-order valence-corrected chi connectivity index (χ1v) is 23.0. The lowest BCUT2D eigenvalue weighted by atomic mass is 10.1. The molecule has 9 nitrogen and oxygen atoms in total. The van der Waals surface area contributed by atoms with Crippen LogP contribution in [0.2, 0.25) is 0 Å². The molecule has 10 heteroatoms. The van der Waals surface area contributed by atoms with Gasteiger partial charge in [-0.2, -0.15) is 0 Å². The lowest BCUT2D eigenvalue weighted by molar-refractivity contribution is -0.870. The fraction of sp³-hybridized carbons (Fsp3) is 0.733. The highest BCUT2D eigenvalue weighted by Crippen LogP contribution is 2.38. The molecular formula is C45H80NO8P. The highest BCUT2D eigenvalue weighted by Gasteiger charge is 2.21. The van der Waals surface area contributed by atoms with Gasteiger partial charge in [0.25, 0.3) is 7.82 Å². The van der Waals surface area contributed by atoms with Crippen LogP contribution < -0.4 is 4.89 Å². The van der Waals surface area contributed by atoms with E-state index in [-0.39, 0.29) is 26.1 Å². The monoisotopic (exact) mass is 794 g/mol. The molecule has 0 aromatic heterocycles. The summed E-state index contributed by atoms with van der Waals surface area (Å²) in [5, 5.41) is 0. The molecule has 0 aromatic rings. The van der Waals surface area contributed by atoms with Crippen molar-refractivity contribution in [2.75, 3.05) is 47.5 Å². The van der Waals surface area contributed by atoms with Gasteiger partial charge >= 0.3 is 11.9 Å². The third-order valence-electron chi connectivity index (χ3n) is 8.77. The first-order chi connectivity index (χ1) is 26.5. The summed E-state index contributed by atoms with van der Waals surface area (Å²) in [6.07, 6.45) is 43.9. The molecule has 0 saturated heterocycles.